The number of rotatable bonds is 6. The Morgan fingerprint density at radius 1 is 1.42 bits per heavy atom. The molecule has 1 fully saturated rings. The van der Waals surface area contributed by atoms with Crippen LogP contribution in [-0.2, 0) is 9.53 Å². The molecule has 0 unspecified atom stereocenters. The van der Waals surface area contributed by atoms with Gasteiger partial charge in [0.15, 0.2) is 0 Å². The average Bonchev–Trinajstić information content (AvgIpc) is 3.32. The summed E-state index contributed by atoms with van der Waals surface area (Å²) in [7, 11) is 1.87. The van der Waals surface area contributed by atoms with Crippen LogP contribution >= 0.6 is 0 Å². The van der Waals surface area contributed by atoms with E-state index in [1.165, 1.54) is 6.33 Å². The molecule has 1 aromatic heterocycles. The number of benzene rings is 1. The molecule has 1 aliphatic heterocycles. The zero-order valence-electron chi connectivity index (χ0n) is 14.3. The van der Waals surface area contributed by atoms with Crippen molar-refractivity contribution in [3.05, 3.63) is 42.5 Å². The van der Waals surface area contributed by atoms with Crippen molar-refractivity contribution in [3.8, 4) is 5.69 Å². The molecule has 3 rings (SSSR count). The number of nitrogens with zero attached hydrogens (tertiary/aromatic N) is 4. The number of hydrogen-bond acceptors (Lipinski definition) is 4. The maximum absolute atomic E-state index is 12.4. The molecule has 6 nitrogen and oxygen atoms in total. The Hall–Kier alpha value is -2.21. The minimum Gasteiger partial charge on any atom is -0.378 e. The monoisotopic (exact) mass is 328 g/mol. The van der Waals surface area contributed by atoms with E-state index in [2.05, 4.69) is 17.0 Å². The molecule has 0 aliphatic carbocycles. The third-order valence-electron chi connectivity index (χ3n) is 4.74. The van der Waals surface area contributed by atoms with Crippen LogP contribution in [0.25, 0.3) is 5.69 Å². The summed E-state index contributed by atoms with van der Waals surface area (Å²) in [6, 6.07) is 8.08. The van der Waals surface area contributed by atoms with Gasteiger partial charge in [-0.05, 0) is 43.9 Å². The lowest BCUT2D eigenvalue weighted by Crippen LogP contribution is -2.30. The van der Waals surface area contributed by atoms with Crippen molar-refractivity contribution in [3.63, 3.8) is 0 Å². The van der Waals surface area contributed by atoms with Gasteiger partial charge in [0.25, 0.3) is 0 Å². The van der Waals surface area contributed by atoms with E-state index in [0.717, 1.165) is 37.1 Å². The van der Waals surface area contributed by atoms with Gasteiger partial charge in [0.1, 0.15) is 12.7 Å². The van der Waals surface area contributed by atoms with E-state index in [0.29, 0.717) is 6.42 Å². The molecule has 2 aromatic rings. The number of ether oxygens (including phenoxy) is 1. The Morgan fingerprint density at radius 2 is 2.21 bits per heavy atom. The molecule has 0 spiro atoms. The third-order valence-corrected chi connectivity index (χ3v) is 4.74. The lowest BCUT2D eigenvalue weighted by Gasteiger charge is -2.26. The lowest BCUT2D eigenvalue weighted by molar-refractivity contribution is -0.132. The van der Waals surface area contributed by atoms with Crippen LogP contribution in [0.5, 0.6) is 0 Å². The Balaban J connectivity index is 1.57. The molecule has 24 heavy (non-hydrogen) atoms. The van der Waals surface area contributed by atoms with Crippen LogP contribution in [0.2, 0.25) is 0 Å². The minimum atomic E-state index is 0.0341. The molecule has 2 heterocycles. The highest BCUT2D eigenvalue weighted by molar-refractivity contribution is 5.76. The van der Waals surface area contributed by atoms with Gasteiger partial charge in [0, 0.05) is 20.1 Å². The van der Waals surface area contributed by atoms with Gasteiger partial charge < -0.3 is 9.64 Å². The largest absolute Gasteiger partial charge is 0.378 e. The summed E-state index contributed by atoms with van der Waals surface area (Å²) in [6.45, 7) is 2.89. The van der Waals surface area contributed by atoms with Crippen LogP contribution in [0.1, 0.15) is 44.2 Å². The predicted octanol–water partition coefficient (Wildman–Crippen LogP) is 2.75. The van der Waals surface area contributed by atoms with Crippen LogP contribution in [0, 0.1) is 0 Å². The first-order chi connectivity index (χ1) is 11.6. The summed E-state index contributed by atoms with van der Waals surface area (Å²) in [5.41, 5.74) is 2.06. The van der Waals surface area contributed by atoms with Gasteiger partial charge in [0.05, 0.1) is 17.8 Å². The Morgan fingerprint density at radius 3 is 2.83 bits per heavy atom. The number of carbonyl (C=O) groups is 1. The zero-order chi connectivity index (χ0) is 16.9. The van der Waals surface area contributed by atoms with E-state index in [-0.39, 0.29) is 18.1 Å². The molecule has 0 bridgehead atoms. The quantitative estimate of drug-likeness (QED) is 0.818. The van der Waals surface area contributed by atoms with Crippen molar-refractivity contribution < 1.29 is 9.53 Å². The van der Waals surface area contributed by atoms with Crippen molar-refractivity contribution in [1.29, 1.82) is 0 Å². The van der Waals surface area contributed by atoms with E-state index in [1.54, 1.807) is 11.0 Å². The molecule has 6 heteroatoms. The van der Waals surface area contributed by atoms with Gasteiger partial charge in [-0.1, -0.05) is 12.1 Å². The second-order valence-corrected chi connectivity index (χ2v) is 6.29. The normalized spacial score (nSPS) is 18.5. The van der Waals surface area contributed by atoms with Crippen LogP contribution in [-0.4, -0.2) is 45.3 Å². The third kappa shape index (κ3) is 3.82. The van der Waals surface area contributed by atoms with E-state index < -0.39 is 0 Å². The van der Waals surface area contributed by atoms with Gasteiger partial charge in [-0.2, -0.15) is 5.10 Å². The Kier molecular flexibility index (Phi) is 5.25. The SMILES string of the molecule is C[C@H](c1ccc(-n2cncn2)cc1)N(C)C(=O)CC[C@H]1CCCO1. The topological polar surface area (TPSA) is 60.2 Å². The van der Waals surface area contributed by atoms with Gasteiger partial charge in [-0.15, -0.1) is 0 Å². The second kappa shape index (κ2) is 7.57. The van der Waals surface area contributed by atoms with Crippen molar-refractivity contribution in [1.82, 2.24) is 19.7 Å². The van der Waals surface area contributed by atoms with Crippen LogP contribution < -0.4 is 0 Å². The fourth-order valence-electron chi connectivity index (χ4n) is 3.02. The summed E-state index contributed by atoms with van der Waals surface area (Å²) in [5.74, 6) is 0.165. The van der Waals surface area contributed by atoms with E-state index >= 15 is 0 Å². The van der Waals surface area contributed by atoms with Gasteiger partial charge >= 0.3 is 0 Å². The lowest BCUT2D eigenvalue weighted by atomic mass is 10.1. The summed E-state index contributed by atoms with van der Waals surface area (Å²) < 4.78 is 7.31. The molecular formula is C18H24N4O2. The maximum atomic E-state index is 12.4. The maximum Gasteiger partial charge on any atom is 0.222 e. The Labute approximate surface area is 142 Å². The number of hydrogen-bond donors (Lipinski definition) is 0. The molecule has 1 aromatic carbocycles. The number of carbonyl (C=O) groups excluding carboxylic acids is 1. The fourth-order valence-corrected chi connectivity index (χ4v) is 3.02. The van der Waals surface area contributed by atoms with Gasteiger partial charge in [-0.3, -0.25) is 4.79 Å². The molecule has 0 radical (unpaired) electrons. The summed E-state index contributed by atoms with van der Waals surface area (Å²) >= 11 is 0. The zero-order valence-corrected chi connectivity index (χ0v) is 14.3. The smallest absolute Gasteiger partial charge is 0.222 e. The average molecular weight is 328 g/mol. The molecule has 1 amide bonds. The van der Waals surface area contributed by atoms with Crippen LogP contribution in [0.3, 0.4) is 0 Å². The molecule has 0 saturated carbocycles. The van der Waals surface area contributed by atoms with Crippen LogP contribution in [0.15, 0.2) is 36.9 Å². The highest BCUT2D eigenvalue weighted by Gasteiger charge is 2.21. The first-order valence-electron chi connectivity index (χ1n) is 8.47. The van der Waals surface area contributed by atoms with Crippen molar-refractivity contribution in [2.45, 2.75) is 44.8 Å². The Bertz CT molecular complexity index is 648. The fraction of sp³-hybridized carbons (Fsp3) is 0.500. The summed E-state index contributed by atoms with van der Waals surface area (Å²) in [4.78, 5) is 18.2. The molecular weight excluding hydrogens is 304 g/mol. The highest BCUT2D eigenvalue weighted by Crippen LogP contribution is 2.22. The number of aromatic nitrogens is 3. The first kappa shape index (κ1) is 16.6. The summed E-state index contributed by atoms with van der Waals surface area (Å²) in [6.07, 6.45) is 7.00. The van der Waals surface area contributed by atoms with E-state index in [9.17, 15) is 4.79 Å². The molecule has 2 atom stereocenters. The second-order valence-electron chi connectivity index (χ2n) is 6.29. The molecule has 0 N–H and O–H groups in total. The van der Waals surface area contributed by atoms with E-state index in [1.807, 2.05) is 36.2 Å². The predicted molar refractivity (Wildman–Crippen MR) is 90.8 cm³/mol. The molecule has 1 aliphatic rings. The standard InChI is InChI=1S/C18H24N4O2/c1-14(21(2)18(23)10-9-17-4-3-11-24-17)15-5-7-16(8-6-15)22-13-19-12-20-22/h5-8,12-14,17H,3-4,9-11H2,1-2H3/t14-,17-/m1/s1. The van der Waals surface area contributed by atoms with Crippen molar-refractivity contribution >= 4 is 5.91 Å². The van der Waals surface area contributed by atoms with E-state index in [4.69, 9.17) is 4.74 Å². The minimum absolute atomic E-state index is 0.0341. The summed E-state index contributed by atoms with van der Waals surface area (Å²) in [5, 5.41) is 4.12. The molecule has 1 saturated heterocycles. The first-order valence-corrected chi connectivity index (χ1v) is 8.47. The van der Waals surface area contributed by atoms with Gasteiger partial charge in [0.2, 0.25) is 5.91 Å². The molecule has 128 valence electrons. The number of amides is 1. The van der Waals surface area contributed by atoms with Crippen molar-refractivity contribution in [2.24, 2.45) is 0 Å². The highest BCUT2D eigenvalue weighted by atomic mass is 16.5. The van der Waals surface area contributed by atoms with Crippen molar-refractivity contribution in [2.75, 3.05) is 13.7 Å². The van der Waals surface area contributed by atoms with Gasteiger partial charge in [-0.25, -0.2) is 9.67 Å². The van der Waals surface area contributed by atoms with Crippen LogP contribution in [0.4, 0.5) is 0 Å².